The quantitative estimate of drug-likeness (QED) is 0.426. The van der Waals surface area contributed by atoms with E-state index in [4.69, 9.17) is 11.6 Å². The molecule has 0 bridgehead atoms. The van der Waals surface area contributed by atoms with E-state index in [2.05, 4.69) is 6.92 Å². The van der Waals surface area contributed by atoms with Crippen LogP contribution < -0.4 is 0 Å². The summed E-state index contributed by atoms with van der Waals surface area (Å²) in [6, 6.07) is 0. The summed E-state index contributed by atoms with van der Waals surface area (Å²) in [6.07, 6.45) is 14.2. The first-order valence-electron chi connectivity index (χ1n) is 7.43. The SMILES string of the molecule is CCCCCCCC[C@H]1CC[C@H](C(=O)Cl)CC1. The summed E-state index contributed by atoms with van der Waals surface area (Å²) < 4.78 is 0. The summed E-state index contributed by atoms with van der Waals surface area (Å²) in [5.41, 5.74) is 0. The highest BCUT2D eigenvalue weighted by Gasteiger charge is 2.24. The van der Waals surface area contributed by atoms with Gasteiger partial charge in [-0.3, -0.25) is 4.79 Å². The fourth-order valence-corrected chi connectivity index (χ4v) is 3.11. The minimum absolute atomic E-state index is 0.108. The van der Waals surface area contributed by atoms with Crippen LogP contribution in [-0.4, -0.2) is 5.24 Å². The van der Waals surface area contributed by atoms with Gasteiger partial charge in [-0.2, -0.15) is 0 Å². The van der Waals surface area contributed by atoms with Gasteiger partial charge >= 0.3 is 0 Å². The molecule has 0 radical (unpaired) electrons. The van der Waals surface area contributed by atoms with Crippen LogP contribution in [-0.2, 0) is 4.79 Å². The van der Waals surface area contributed by atoms with Gasteiger partial charge in [-0.05, 0) is 43.2 Å². The molecule has 0 N–H and O–H groups in total. The molecule has 1 fully saturated rings. The molecular weight excluding hydrogens is 232 g/mol. The van der Waals surface area contributed by atoms with Crippen LogP contribution in [0.4, 0.5) is 0 Å². The Balaban J connectivity index is 1.97. The average Bonchev–Trinajstić information content (AvgIpc) is 2.34. The van der Waals surface area contributed by atoms with Gasteiger partial charge in [0.25, 0.3) is 0 Å². The van der Waals surface area contributed by atoms with Gasteiger partial charge in [0.2, 0.25) is 5.24 Å². The van der Waals surface area contributed by atoms with Crippen molar-refractivity contribution in [3.63, 3.8) is 0 Å². The zero-order valence-corrected chi connectivity index (χ0v) is 12.0. The first-order chi connectivity index (χ1) is 8.24. The Bertz CT molecular complexity index is 207. The number of hydrogen-bond donors (Lipinski definition) is 0. The van der Waals surface area contributed by atoms with E-state index in [-0.39, 0.29) is 11.2 Å². The maximum absolute atomic E-state index is 11.0. The lowest BCUT2D eigenvalue weighted by Gasteiger charge is -2.26. The van der Waals surface area contributed by atoms with Crippen molar-refractivity contribution >= 4 is 16.8 Å². The Morgan fingerprint density at radius 2 is 1.59 bits per heavy atom. The van der Waals surface area contributed by atoms with Gasteiger partial charge in [0.15, 0.2) is 0 Å². The lowest BCUT2D eigenvalue weighted by Crippen LogP contribution is -2.18. The molecule has 0 saturated heterocycles. The minimum Gasteiger partial charge on any atom is -0.281 e. The van der Waals surface area contributed by atoms with Crippen molar-refractivity contribution in [3.05, 3.63) is 0 Å². The van der Waals surface area contributed by atoms with Crippen molar-refractivity contribution in [2.24, 2.45) is 11.8 Å². The Hall–Kier alpha value is -0.0400. The van der Waals surface area contributed by atoms with Crippen LogP contribution in [0.1, 0.15) is 77.6 Å². The molecule has 0 aromatic carbocycles. The zero-order valence-electron chi connectivity index (χ0n) is 11.2. The van der Waals surface area contributed by atoms with Crippen molar-refractivity contribution < 1.29 is 4.79 Å². The molecule has 0 unspecified atom stereocenters. The van der Waals surface area contributed by atoms with Gasteiger partial charge in [0.05, 0.1) is 0 Å². The molecule has 0 aliphatic heterocycles. The topological polar surface area (TPSA) is 17.1 Å². The van der Waals surface area contributed by atoms with Crippen molar-refractivity contribution in [2.45, 2.75) is 77.6 Å². The Morgan fingerprint density at radius 3 is 2.18 bits per heavy atom. The van der Waals surface area contributed by atoms with Gasteiger partial charge in [-0.25, -0.2) is 0 Å². The maximum Gasteiger partial charge on any atom is 0.224 e. The lowest BCUT2D eigenvalue weighted by atomic mass is 9.80. The standard InChI is InChI=1S/C15H27ClO/c1-2-3-4-5-6-7-8-13-9-11-14(12-10-13)15(16)17/h13-14H,2-12H2,1H3/t13-,14-. The van der Waals surface area contributed by atoms with Gasteiger partial charge in [0.1, 0.15) is 0 Å². The number of rotatable bonds is 8. The molecule has 1 aliphatic carbocycles. The molecule has 1 nitrogen and oxygen atoms in total. The molecule has 2 heteroatoms. The van der Waals surface area contributed by atoms with E-state index < -0.39 is 0 Å². The smallest absolute Gasteiger partial charge is 0.224 e. The van der Waals surface area contributed by atoms with E-state index in [1.54, 1.807) is 0 Å². The lowest BCUT2D eigenvalue weighted by molar-refractivity contribution is -0.116. The Kier molecular flexibility index (Phi) is 7.92. The summed E-state index contributed by atoms with van der Waals surface area (Å²) in [6.45, 7) is 2.26. The van der Waals surface area contributed by atoms with Crippen molar-refractivity contribution in [1.29, 1.82) is 0 Å². The largest absolute Gasteiger partial charge is 0.281 e. The van der Waals surface area contributed by atoms with Crippen LogP contribution in [0.25, 0.3) is 0 Å². The summed E-state index contributed by atoms with van der Waals surface area (Å²) >= 11 is 5.54. The first-order valence-corrected chi connectivity index (χ1v) is 7.81. The third-order valence-corrected chi connectivity index (χ3v) is 4.44. The van der Waals surface area contributed by atoms with Crippen LogP contribution in [0.3, 0.4) is 0 Å². The fourth-order valence-electron chi connectivity index (χ4n) is 2.89. The van der Waals surface area contributed by atoms with Crippen molar-refractivity contribution in [1.82, 2.24) is 0 Å². The molecule has 0 amide bonds. The molecule has 0 atom stereocenters. The van der Waals surface area contributed by atoms with E-state index in [1.807, 2.05) is 0 Å². The predicted octanol–water partition coefficient (Wildman–Crippen LogP) is 5.31. The third-order valence-electron chi connectivity index (χ3n) is 4.13. The molecule has 1 aliphatic rings. The zero-order chi connectivity index (χ0) is 12.5. The summed E-state index contributed by atoms with van der Waals surface area (Å²) in [7, 11) is 0. The molecule has 17 heavy (non-hydrogen) atoms. The number of carbonyl (C=O) groups is 1. The molecule has 1 saturated carbocycles. The second-order valence-electron chi connectivity index (χ2n) is 5.58. The molecule has 0 heterocycles. The van der Waals surface area contributed by atoms with E-state index >= 15 is 0 Å². The van der Waals surface area contributed by atoms with E-state index in [0.717, 1.165) is 18.8 Å². The monoisotopic (exact) mass is 258 g/mol. The van der Waals surface area contributed by atoms with Crippen molar-refractivity contribution in [3.8, 4) is 0 Å². The first kappa shape index (κ1) is 15.0. The molecule has 0 spiro atoms. The summed E-state index contributed by atoms with van der Waals surface area (Å²) in [4.78, 5) is 11.0. The number of unbranched alkanes of at least 4 members (excludes halogenated alkanes) is 5. The molecular formula is C15H27ClO. The normalized spacial score (nSPS) is 24.8. The van der Waals surface area contributed by atoms with E-state index in [0.29, 0.717) is 0 Å². The van der Waals surface area contributed by atoms with Crippen LogP contribution in [0.2, 0.25) is 0 Å². The van der Waals surface area contributed by atoms with Gasteiger partial charge < -0.3 is 0 Å². The highest BCUT2D eigenvalue weighted by atomic mass is 35.5. The average molecular weight is 259 g/mol. The van der Waals surface area contributed by atoms with Gasteiger partial charge in [-0.15, -0.1) is 0 Å². The highest BCUT2D eigenvalue weighted by molar-refractivity contribution is 6.63. The predicted molar refractivity (Wildman–Crippen MR) is 74.3 cm³/mol. The maximum atomic E-state index is 11.0. The third kappa shape index (κ3) is 6.45. The van der Waals surface area contributed by atoms with Crippen LogP contribution in [0, 0.1) is 11.8 Å². The number of hydrogen-bond acceptors (Lipinski definition) is 1. The summed E-state index contributed by atoms with van der Waals surface area (Å²) in [5, 5.41) is -0.108. The molecule has 1 rings (SSSR count). The van der Waals surface area contributed by atoms with Crippen LogP contribution in [0.15, 0.2) is 0 Å². The second kappa shape index (κ2) is 8.97. The molecule has 0 aromatic rings. The summed E-state index contributed by atoms with van der Waals surface area (Å²) in [5.74, 6) is 1.03. The fraction of sp³-hybridized carbons (Fsp3) is 0.933. The van der Waals surface area contributed by atoms with Gasteiger partial charge in [0, 0.05) is 5.92 Å². The highest BCUT2D eigenvalue weighted by Crippen LogP contribution is 2.33. The van der Waals surface area contributed by atoms with Gasteiger partial charge in [-0.1, -0.05) is 51.9 Å². The number of carbonyl (C=O) groups excluding carboxylic acids is 1. The van der Waals surface area contributed by atoms with E-state index in [1.165, 1.54) is 57.8 Å². The van der Waals surface area contributed by atoms with E-state index in [9.17, 15) is 4.79 Å². The van der Waals surface area contributed by atoms with Crippen LogP contribution >= 0.6 is 11.6 Å². The number of halogens is 1. The molecule has 0 aromatic heterocycles. The minimum atomic E-state index is -0.108. The van der Waals surface area contributed by atoms with Crippen LogP contribution in [0.5, 0.6) is 0 Å². The van der Waals surface area contributed by atoms with Crippen molar-refractivity contribution in [2.75, 3.05) is 0 Å². The Labute approximate surface area is 111 Å². The Morgan fingerprint density at radius 1 is 1.00 bits per heavy atom. The molecule has 100 valence electrons. The second-order valence-corrected chi connectivity index (χ2v) is 5.95.